The third-order valence-corrected chi connectivity index (χ3v) is 6.45. The van der Waals surface area contributed by atoms with Crippen LogP contribution in [0.25, 0.3) is 11.0 Å². The van der Waals surface area contributed by atoms with Crippen molar-refractivity contribution in [3.05, 3.63) is 60.2 Å². The van der Waals surface area contributed by atoms with Crippen molar-refractivity contribution in [1.82, 2.24) is 19.9 Å². The molecule has 1 amide bonds. The highest BCUT2D eigenvalue weighted by molar-refractivity contribution is 5.87. The van der Waals surface area contributed by atoms with E-state index in [1.165, 1.54) is 0 Å². The molecule has 2 heterocycles. The smallest absolute Gasteiger partial charge is 0.328 e. The van der Waals surface area contributed by atoms with Gasteiger partial charge >= 0.3 is 5.97 Å². The average molecular weight is 479 g/mol. The molecule has 1 N–H and O–H groups in total. The van der Waals surface area contributed by atoms with Gasteiger partial charge in [-0.15, -0.1) is 0 Å². The van der Waals surface area contributed by atoms with Gasteiger partial charge in [-0.3, -0.25) is 9.78 Å². The number of aromatic nitrogens is 3. The van der Waals surface area contributed by atoms with Crippen molar-refractivity contribution in [2.45, 2.75) is 78.8 Å². The van der Waals surface area contributed by atoms with E-state index in [-0.39, 0.29) is 12.5 Å². The lowest BCUT2D eigenvalue weighted by atomic mass is 9.85. The number of carbonyl (C=O) groups excluding carboxylic acids is 2. The van der Waals surface area contributed by atoms with Gasteiger partial charge in [-0.2, -0.15) is 0 Å². The molecule has 0 unspecified atom stereocenters. The second-order valence-electron chi connectivity index (χ2n) is 9.69. The number of nitrogens with one attached hydrogen (secondary N) is 1. The monoisotopic (exact) mass is 478 g/mol. The Morgan fingerprint density at radius 2 is 1.83 bits per heavy atom. The number of amides is 1. The number of fused-ring (bicyclic) bond motifs is 1. The Balaban J connectivity index is 1.45. The molecule has 0 aliphatic rings. The first kappa shape index (κ1) is 26.4. The molecule has 0 fully saturated rings. The predicted octanol–water partition coefficient (Wildman–Crippen LogP) is 5.01. The molecular formula is C28H38N4O3. The van der Waals surface area contributed by atoms with Gasteiger partial charge in [0.25, 0.3) is 0 Å². The molecule has 0 saturated carbocycles. The number of ether oxygens (including phenoxy) is 1. The minimum absolute atomic E-state index is 0.111. The average Bonchev–Trinajstić information content (AvgIpc) is 3.16. The van der Waals surface area contributed by atoms with Crippen molar-refractivity contribution in [2.24, 2.45) is 5.41 Å². The normalized spacial score (nSPS) is 12.5. The van der Waals surface area contributed by atoms with Crippen LogP contribution in [-0.2, 0) is 27.3 Å². The Morgan fingerprint density at radius 3 is 2.57 bits per heavy atom. The molecular weight excluding hydrogens is 440 g/mol. The summed E-state index contributed by atoms with van der Waals surface area (Å²) in [4.78, 5) is 34.3. The summed E-state index contributed by atoms with van der Waals surface area (Å²) in [5.74, 6) is 0.511. The molecule has 1 atom stereocenters. The van der Waals surface area contributed by atoms with Gasteiger partial charge in [0.2, 0.25) is 5.91 Å². The maximum Gasteiger partial charge on any atom is 0.328 e. The fourth-order valence-corrected chi connectivity index (χ4v) is 4.33. The van der Waals surface area contributed by atoms with Crippen LogP contribution in [-0.4, -0.2) is 39.1 Å². The number of aryl methyl sites for hydroxylation is 2. The van der Waals surface area contributed by atoms with Gasteiger partial charge in [-0.1, -0.05) is 63.4 Å². The number of hydrogen-bond acceptors (Lipinski definition) is 5. The van der Waals surface area contributed by atoms with E-state index in [2.05, 4.69) is 19.9 Å². The second-order valence-corrected chi connectivity index (χ2v) is 9.69. The molecule has 0 saturated heterocycles. The summed E-state index contributed by atoms with van der Waals surface area (Å²) in [5, 5.41) is 2.96. The number of unbranched alkanes of at least 4 members (excludes halogenated alkanes) is 3. The van der Waals surface area contributed by atoms with E-state index in [1.807, 2.05) is 57.2 Å². The van der Waals surface area contributed by atoms with Crippen LogP contribution >= 0.6 is 0 Å². The molecule has 7 heteroatoms. The third kappa shape index (κ3) is 7.38. The molecule has 0 aliphatic heterocycles. The van der Waals surface area contributed by atoms with Gasteiger partial charge in [-0.05, 0) is 38.3 Å². The first-order valence-electron chi connectivity index (χ1n) is 12.6. The van der Waals surface area contributed by atoms with E-state index in [4.69, 9.17) is 4.74 Å². The zero-order valence-corrected chi connectivity index (χ0v) is 21.4. The molecule has 2 aromatic heterocycles. The standard InChI is InChI=1S/C28H38N4O3/c1-5-35-26(33)23(19-22-13-9-8-10-14-22)31-27(34)28(3,4)16-11-6-7-12-18-32-21(2)30-24-20-29-17-15-25(24)32/h8-10,13-15,17,20,23H,5-7,11-12,16,18-19H2,1-4H3,(H,31,34)/t23-/m0/s1. The zero-order valence-electron chi connectivity index (χ0n) is 21.4. The van der Waals surface area contributed by atoms with Gasteiger partial charge in [0.1, 0.15) is 17.4 Å². The SMILES string of the molecule is CCOC(=O)[C@H](Cc1ccccc1)NC(=O)C(C)(C)CCCCCCn1c(C)nc2cnccc21. The number of nitrogens with zero attached hydrogens (tertiary/aromatic N) is 3. The third-order valence-electron chi connectivity index (χ3n) is 6.45. The van der Waals surface area contributed by atoms with Gasteiger partial charge in [0.15, 0.2) is 0 Å². The summed E-state index contributed by atoms with van der Waals surface area (Å²) in [6, 6.07) is 11.0. The molecule has 3 rings (SSSR count). The molecule has 0 spiro atoms. The summed E-state index contributed by atoms with van der Waals surface area (Å²) in [7, 11) is 0. The molecule has 188 valence electrons. The van der Waals surface area contributed by atoms with Crippen LogP contribution in [0.15, 0.2) is 48.8 Å². The van der Waals surface area contributed by atoms with Crippen LogP contribution in [0.4, 0.5) is 0 Å². The molecule has 0 aliphatic carbocycles. The van der Waals surface area contributed by atoms with E-state index in [1.54, 1.807) is 19.3 Å². The van der Waals surface area contributed by atoms with Crippen LogP contribution in [0.3, 0.4) is 0 Å². The van der Waals surface area contributed by atoms with Crippen LogP contribution in [0.2, 0.25) is 0 Å². The first-order valence-corrected chi connectivity index (χ1v) is 12.6. The molecule has 3 aromatic rings. The van der Waals surface area contributed by atoms with Crippen LogP contribution in [0.1, 0.15) is 64.3 Å². The van der Waals surface area contributed by atoms with Crippen molar-refractivity contribution in [3.63, 3.8) is 0 Å². The van der Waals surface area contributed by atoms with Gasteiger partial charge in [0, 0.05) is 24.6 Å². The molecule has 35 heavy (non-hydrogen) atoms. The minimum atomic E-state index is -0.687. The Morgan fingerprint density at radius 1 is 1.09 bits per heavy atom. The molecule has 7 nitrogen and oxygen atoms in total. The fraction of sp³-hybridized carbons (Fsp3) is 0.500. The number of benzene rings is 1. The van der Waals surface area contributed by atoms with Gasteiger partial charge < -0.3 is 14.6 Å². The van der Waals surface area contributed by atoms with Crippen molar-refractivity contribution in [2.75, 3.05) is 6.61 Å². The first-order chi connectivity index (χ1) is 16.8. The lowest BCUT2D eigenvalue weighted by Gasteiger charge is -2.27. The second kappa shape index (κ2) is 12.5. The van der Waals surface area contributed by atoms with Crippen molar-refractivity contribution in [1.29, 1.82) is 0 Å². The number of hydrogen-bond donors (Lipinski definition) is 1. The van der Waals surface area contributed by atoms with Crippen molar-refractivity contribution in [3.8, 4) is 0 Å². The highest BCUT2D eigenvalue weighted by atomic mass is 16.5. The van der Waals surface area contributed by atoms with Gasteiger partial charge in [0.05, 0.1) is 18.3 Å². The summed E-state index contributed by atoms with van der Waals surface area (Å²) in [6.45, 7) is 8.91. The number of esters is 1. The number of pyridine rings is 1. The largest absolute Gasteiger partial charge is 0.464 e. The Hall–Kier alpha value is -3.22. The highest BCUT2D eigenvalue weighted by Gasteiger charge is 2.31. The summed E-state index contributed by atoms with van der Waals surface area (Å²) < 4.78 is 7.46. The van der Waals surface area contributed by atoms with E-state index < -0.39 is 17.4 Å². The van der Waals surface area contributed by atoms with Gasteiger partial charge in [-0.25, -0.2) is 9.78 Å². The quantitative estimate of drug-likeness (QED) is 0.276. The number of imidazole rings is 1. The number of rotatable bonds is 13. The summed E-state index contributed by atoms with van der Waals surface area (Å²) in [6.07, 6.45) is 8.94. The maximum absolute atomic E-state index is 13.1. The predicted molar refractivity (Wildman–Crippen MR) is 138 cm³/mol. The van der Waals surface area contributed by atoms with E-state index in [0.29, 0.717) is 6.42 Å². The topological polar surface area (TPSA) is 86.1 Å². The van der Waals surface area contributed by atoms with Crippen LogP contribution in [0.5, 0.6) is 0 Å². The molecule has 1 aromatic carbocycles. The van der Waals surface area contributed by atoms with E-state index in [0.717, 1.165) is 61.1 Å². The van der Waals surface area contributed by atoms with Crippen molar-refractivity contribution < 1.29 is 14.3 Å². The minimum Gasteiger partial charge on any atom is -0.464 e. The summed E-state index contributed by atoms with van der Waals surface area (Å²) >= 11 is 0. The van der Waals surface area contributed by atoms with Crippen LogP contribution < -0.4 is 5.32 Å². The maximum atomic E-state index is 13.1. The molecule has 0 radical (unpaired) electrons. The zero-order chi connectivity index (χ0) is 25.3. The van der Waals surface area contributed by atoms with E-state index >= 15 is 0 Å². The lowest BCUT2D eigenvalue weighted by molar-refractivity contribution is -0.148. The Labute approximate surface area is 208 Å². The lowest BCUT2D eigenvalue weighted by Crippen LogP contribution is -2.48. The summed E-state index contributed by atoms with van der Waals surface area (Å²) in [5.41, 5.74) is 2.49. The van der Waals surface area contributed by atoms with Crippen LogP contribution in [0, 0.1) is 12.3 Å². The molecule has 0 bridgehead atoms. The Bertz CT molecular complexity index is 1110. The highest BCUT2D eigenvalue weighted by Crippen LogP contribution is 2.25. The van der Waals surface area contributed by atoms with E-state index in [9.17, 15) is 9.59 Å². The Kier molecular flexibility index (Phi) is 9.40. The number of carbonyl (C=O) groups is 2. The fourth-order valence-electron chi connectivity index (χ4n) is 4.33. The van der Waals surface area contributed by atoms with Crippen molar-refractivity contribution >= 4 is 22.9 Å².